The largest absolute Gasteiger partial charge is 0.353 e. The summed E-state index contributed by atoms with van der Waals surface area (Å²) >= 11 is 0. The van der Waals surface area contributed by atoms with Crippen LogP contribution in [0.1, 0.15) is 52.4 Å². The fourth-order valence-corrected chi connectivity index (χ4v) is 4.98. The van der Waals surface area contributed by atoms with Gasteiger partial charge in [-0.1, -0.05) is 6.92 Å². The lowest BCUT2D eigenvalue weighted by Crippen LogP contribution is -2.43. The lowest BCUT2D eigenvalue weighted by molar-refractivity contribution is -0.131. The van der Waals surface area contributed by atoms with Crippen molar-refractivity contribution in [3.05, 3.63) is 0 Å². The minimum absolute atomic E-state index is 0.0000849. The first-order valence-electron chi connectivity index (χ1n) is 8.62. The van der Waals surface area contributed by atoms with Crippen molar-refractivity contribution in [2.24, 2.45) is 11.8 Å². The molecular formula is C16H28N2O4S. The summed E-state index contributed by atoms with van der Waals surface area (Å²) in [5.41, 5.74) is 0. The van der Waals surface area contributed by atoms with Crippen molar-refractivity contribution < 1.29 is 18.0 Å². The topological polar surface area (TPSA) is 92.3 Å². The fraction of sp³-hybridized carbons (Fsp3) is 0.875. The van der Waals surface area contributed by atoms with E-state index in [2.05, 4.69) is 10.6 Å². The van der Waals surface area contributed by atoms with Crippen LogP contribution in [-0.4, -0.2) is 43.8 Å². The molecule has 0 bridgehead atoms. The Morgan fingerprint density at radius 3 is 2.09 bits per heavy atom. The summed E-state index contributed by atoms with van der Waals surface area (Å²) in [4.78, 5) is 24.4. The Morgan fingerprint density at radius 2 is 1.61 bits per heavy atom. The number of amides is 2. The van der Waals surface area contributed by atoms with E-state index in [1.54, 1.807) is 0 Å². The maximum absolute atomic E-state index is 12.3. The molecule has 2 fully saturated rings. The van der Waals surface area contributed by atoms with Gasteiger partial charge in [0.15, 0.2) is 9.84 Å². The first kappa shape index (κ1) is 18.2. The van der Waals surface area contributed by atoms with Gasteiger partial charge in [-0.2, -0.15) is 0 Å². The molecule has 132 valence electrons. The average Bonchev–Trinajstić information content (AvgIpc) is 2.85. The number of hydrogen-bond acceptors (Lipinski definition) is 4. The second kappa shape index (κ2) is 7.64. The van der Waals surface area contributed by atoms with Crippen LogP contribution in [0.25, 0.3) is 0 Å². The van der Waals surface area contributed by atoms with Gasteiger partial charge in [-0.15, -0.1) is 0 Å². The predicted molar refractivity (Wildman–Crippen MR) is 88.5 cm³/mol. The van der Waals surface area contributed by atoms with Crippen LogP contribution in [-0.2, 0) is 19.4 Å². The SMILES string of the molecule is CCC(C)NC(=O)C1CCC(C(=O)NC2CCS(=O)(=O)C2)CC1. The van der Waals surface area contributed by atoms with Gasteiger partial charge in [0, 0.05) is 23.9 Å². The van der Waals surface area contributed by atoms with Crippen molar-refractivity contribution in [3.63, 3.8) is 0 Å². The summed E-state index contributed by atoms with van der Waals surface area (Å²) < 4.78 is 22.9. The average molecular weight is 344 g/mol. The van der Waals surface area contributed by atoms with Crippen LogP contribution in [0.3, 0.4) is 0 Å². The van der Waals surface area contributed by atoms with Crippen molar-refractivity contribution in [2.45, 2.75) is 64.5 Å². The summed E-state index contributed by atoms with van der Waals surface area (Å²) in [5, 5.41) is 5.88. The van der Waals surface area contributed by atoms with E-state index in [-0.39, 0.29) is 47.2 Å². The molecule has 1 aliphatic heterocycles. The van der Waals surface area contributed by atoms with Gasteiger partial charge in [0.05, 0.1) is 11.5 Å². The molecule has 1 heterocycles. The highest BCUT2D eigenvalue weighted by molar-refractivity contribution is 7.91. The number of carbonyl (C=O) groups is 2. The monoisotopic (exact) mass is 344 g/mol. The summed E-state index contributed by atoms with van der Waals surface area (Å²) in [6, 6.07) is -0.0493. The molecule has 2 amide bonds. The molecule has 2 unspecified atom stereocenters. The first-order valence-corrected chi connectivity index (χ1v) is 10.4. The van der Waals surface area contributed by atoms with Gasteiger partial charge in [0.25, 0.3) is 0 Å². The number of sulfone groups is 1. The van der Waals surface area contributed by atoms with Gasteiger partial charge in [-0.25, -0.2) is 8.42 Å². The van der Waals surface area contributed by atoms with E-state index in [4.69, 9.17) is 0 Å². The van der Waals surface area contributed by atoms with Crippen LogP contribution in [0.5, 0.6) is 0 Å². The summed E-state index contributed by atoms with van der Waals surface area (Å²) in [6.45, 7) is 4.03. The summed E-state index contributed by atoms with van der Waals surface area (Å²) in [7, 11) is -2.97. The third kappa shape index (κ3) is 5.19. The normalized spacial score (nSPS) is 31.3. The van der Waals surface area contributed by atoms with Crippen LogP contribution in [0.15, 0.2) is 0 Å². The fourth-order valence-electron chi connectivity index (χ4n) is 3.31. The third-order valence-electron chi connectivity index (χ3n) is 5.05. The van der Waals surface area contributed by atoms with Crippen molar-refractivity contribution >= 4 is 21.7 Å². The van der Waals surface area contributed by atoms with Crippen molar-refractivity contribution in [1.29, 1.82) is 0 Å². The molecule has 0 aromatic rings. The molecule has 1 saturated heterocycles. The van der Waals surface area contributed by atoms with E-state index >= 15 is 0 Å². The van der Waals surface area contributed by atoms with Crippen LogP contribution < -0.4 is 10.6 Å². The van der Waals surface area contributed by atoms with Crippen LogP contribution in [0, 0.1) is 11.8 Å². The zero-order valence-corrected chi connectivity index (χ0v) is 14.8. The standard InChI is InChI=1S/C16H28N2O4S/c1-3-11(2)17-15(19)12-4-6-13(7-5-12)16(20)18-14-8-9-23(21,22)10-14/h11-14H,3-10H2,1-2H3,(H,17,19)(H,18,20). The van der Waals surface area contributed by atoms with E-state index < -0.39 is 9.84 Å². The zero-order valence-electron chi connectivity index (χ0n) is 14.0. The van der Waals surface area contributed by atoms with E-state index in [1.807, 2.05) is 13.8 Å². The van der Waals surface area contributed by atoms with Crippen molar-refractivity contribution in [3.8, 4) is 0 Å². The second-order valence-corrected chi connectivity index (χ2v) is 9.20. The molecule has 0 spiro atoms. The van der Waals surface area contributed by atoms with E-state index in [0.717, 1.165) is 19.3 Å². The maximum atomic E-state index is 12.3. The smallest absolute Gasteiger partial charge is 0.223 e. The summed E-state index contributed by atoms with van der Waals surface area (Å²) in [5.74, 6) is 0.185. The van der Waals surface area contributed by atoms with Gasteiger partial charge < -0.3 is 10.6 Å². The van der Waals surface area contributed by atoms with E-state index in [1.165, 1.54) is 0 Å². The van der Waals surface area contributed by atoms with Gasteiger partial charge in [-0.3, -0.25) is 9.59 Å². The van der Waals surface area contributed by atoms with Crippen LogP contribution in [0.4, 0.5) is 0 Å². The molecule has 2 rings (SSSR count). The highest BCUT2D eigenvalue weighted by Crippen LogP contribution is 2.29. The van der Waals surface area contributed by atoms with Gasteiger partial charge in [-0.05, 0) is 45.4 Å². The molecule has 2 atom stereocenters. The van der Waals surface area contributed by atoms with Crippen LogP contribution in [0.2, 0.25) is 0 Å². The Balaban J connectivity index is 1.75. The Labute approximate surface area is 138 Å². The molecule has 6 nitrogen and oxygen atoms in total. The third-order valence-corrected chi connectivity index (χ3v) is 6.82. The minimum Gasteiger partial charge on any atom is -0.353 e. The molecule has 0 aromatic heterocycles. The Kier molecular flexibility index (Phi) is 6.06. The lowest BCUT2D eigenvalue weighted by Gasteiger charge is -2.28. The molecule has 2 N–H and O–H groups in total. The zero-order chi connectivity index (χ0) is 17.0. The molecule has 0 radical (unpaired) electrons. The van der Waals surface area contributed by atoms with Crippen molar-refractivity contribution in [1.82, 2.24) is 10.6 Å². The number of rotatable bonds is 5. The first-order chi connectivity index (χ1) is 10.8. The highest BCUT2D eigenvalue weighted by Gasteiger charge is 2.33. The quantitative estimate of drug-likeness (QED) is 0.778. The van der Waals surface area contributed by atoms with E-state index in [9.17, 15) is 18.0 Å². The number of hydrogen-bond donors (Lipinski definition) is 2. The Bertz CT molecular complexity index is 538. The molecular weight excluding hydrogens is 316 g/mol. The van der Waals surface area contributed by atoms with Gasteiger partial charge >= 0.3 is 0 Å². The maximum Gasteiger partial charge on any atom is 0.223 e. The molecule has 23 heavy (non-hydrogen) atoms. The Hall–Kier alpha value is -1.11. The number of nitrogens with one attached hydrogen (secondary N) is 2. The molecule has 2 aliphatic rings. The number of carbonyl (C=O) groups excluding carboxylic acids is 2. The highest BCUT2D eigenvalue weighted by atomic mass is 32.2. The second-order valence-electron chi connectivity index (χ2n) is 6.97. The molecule has 0 aromatic carbocycles. The Morgan fingerprint density at radius 1 is 1.04 bits per heavy atom. The minimum atomic E-state index is -2.97. The summed E-state index contributed by atoms with van der Waals surface area (Å²) in [6.07, 6.45) is 4.27. The lowest BCUT2D eigenvalue weighted by atomic mass is 9.81. The van der Waals surface area contributed by atoms with Gasteiger partial charge in [0.2, 0.25) is 11.8 Å². The molecule has 1 aliphatic carbocycles. The van der Waals surface area contributed by atoms with Crippen molar-refractivity contribution in [2.75, 3.05) is 11.5 Å². The predicted octanol–water partition coefficient (Wildman–Crippen LogP) is 1.01. The van der Waals surface area contributed by atoms with Gasteiger partial charge in [0.1, 0.15) is 0 Å². The molecule has 1 saturated carbocycles. The van der Waals surface area contributed by atoms with Crippen LogP contribution >= 0.6 is 0 Å². The molecule has 7 heteroatoms. The van der Waals surface area contributed by atoms with E-state index in [0.29, 0.717) is 19.3 Å².